The number of carbonyl (C=O) groups is 9. The van der Waals surface area contributed by atoms with Crippen molar-refractivity contribution in [1.29, 1.82) is 5.41 Å². The second-order valence-corrected chi connectivity index (χ2v) is 23.0. The van der Waals surface area contributed by atoms with Crippen molar-refractivity contribution in [3.05, 3.63) is 77.9 Å². The first-order valence-electron chi connectivity index (χ1n) is 26.7. The number of phenols is 1. The molecule has 79 heavy (non-hydrogen) atoms. The van der Waals surface area contributed by atoms with Crippen molar-refractivity contribution in [2.24, 2.45) is 5.73 Å². The van der Waals surface area contributed by atoms with Gasteiger partial charge in [0.15, 0.2) is 0 Å². The molecule has 0 saturated carbocycles. The second-order valence-electron chi connectivity index (χ2n) is 20.3. The molecule has 0 aromatic heterocycles. The summed E-state index contributed by atoms with van der Waals surface area (Å²) in [6.07, 6.45) is 1.20. The molecule has 4 aliphatic rings. The van der Waals surface area contributed by atoms with E-state index in [9.17, 15) is 48.3 Å². The van der Waals surface area contributed by atoms with Gasteiger partial charge in [0.25, 0.3) is 0 Å². The predicted octanol–water partition coefficient (Wildman–Crippen LogP) is -2.00. The van der Waals surface area contributed by atoms with Gasteiger partial charge in [-0.1, -0.05) is 61.0 Å². The minimum atomic E-state index is -4.05. The number of hydrogen-bond donors (Lipinski definition) is 8. The molecule has 0 aliphatic carbocycles. The molecule has 4 heterocycles. The van der Waals surface area contributed by atoms with Crippen LogP contribution in [0.4, 0.5) is 0 Å². The van der Waals surface area contributed by atoms with Crippen molar-refractivity contribution < 1.29 is 58.8 Å². The van der Waals surface area contributed by atoms with Crippen LogP contribution in [0.25, 0.3) is 10.8 Å². The van der Waals surface area contributed by atoms with Gasteiger partial charge in [-0.2, -0.15) is 0 Å². The van der Waals surface area contributed by atoms with Gasteiger partial charge in [-0.05, 0) is 53.3 Å². The third-order valence-corrected chi connectivity index (χ3v) is 17.1. The van der Waals surface area contributed by atoms with Crippen molar-refractivity contribution in [3.63, 3.8) is 0 Å². The van der Waals surface area contributed by atoms with E-state index in [1.54, 1.807) is 12.1 Å². The van der Waals surface area contributed by atoms with Crippen LogP contribution in [0.15, 0.2) is 66.7 Å². The molecule has 6 amide bonds. The normalized spacial score (nSPS) is 24.5. The van der Waals surface area contributed by atoms with Crippen molar-refractivity contribution in [3.8, 4) is 5.75 Å². The van der Waals surface area contributed by atoms with E-state index < -0.39 is 95.5 Å². The molecule has 0 radical (unpaired) electrons. The molecule has 0 spiro atoms. The summed E-state index contributed by atoms with van der Waals surface area (Å²) in [7, 11) is 1.41. The third-order valence-electron chi connectivity index (χ3n) is 14.3. The number of nitrogens with zero attached hydrogens (tertiary/aromatic N) is 5. The quantitative estimate of drug-likeness (QED) is 0.0353. The van der Waals surface area contributed by atoms with Gasteiger partial charge in [-0.3, -0.25) is 29.4 Å². The Morgan fingerprint density at radius 3 is 1.86 bits per heavy atom. The summed E-state index contributed by atoms with van der Waals surface area (Å²) in [5.41, 5.74) is 6.92. The molecule has 6 atom stereocenters. The van der Waals surface area contributed by atoms with E-state index >= 15 is 0 Å². The Morgan fingerprint density at radius 1 is 0.671 bits per heavy atom. The van der Waals surface area contributed by atoms with Gasteiger partial charge in [0.1, 0.15) is 29.9 Å². The van der Waals surface area contributed by atoms with Crippen LogP contribution in [0.3, 0.4) is 0 Å². The molecule has 2 unspecified atom stereocenters. The van der Waals surface area contributed by atoms with Gasteiger partial charge in [0, 0.05) is 26.3 Å². The van der Waals surface area contributed by atoms with Crippen LogP contribution < -0.4 is 32.3 Å². The summed E-state index contributed by atoms with van der Waals surface area (Å²) < 4.78 is 16.3. The van der Waals surface area contributed by atoms with E-state index in [0.717, 1.165) is 10.8 Å². The van der Waals surface area contributed by atoms with Crippen LogP contribution in [0.2, 0.25) is 0 Å². The zero-order valence-corrected chi connectivity index (χ0v) is 46.9. The van der Waals surface area contributed by atoms with Gasteiger partial charge in [-0.15, -0.1) is 0 Å². The number of phenolic OH excluding ortho intramolecular Hbond substituents is 1. The zero-order chi connectivity index (χ0) is 56.4. The molecular formula is C53H71GaN12O13. The number of amides is 6. The number of rotatable bonds is 15. The summed E-state index contributed by atoms with van der Waals surface area (Å²) in [5.74, 6) is -5.88. The van der Waals surface area contributed by atoms with Crippen LogP contribution in [0.5, 0.6) is 5.75 Å². The Hall–Kier alpha value is -7.10. The van der Waals surface area contributed by atoms with E-state index in [1.807, 2.05) is 62.1 Å². The number of carbonyl (C=O) groups excluding carboxylic acids is 9. The number of benzene rings is 3. The van der Waals surface area contributed by atoms with Crippen LogP contribution >= 0.6 is 0 Å². The Labute approximate surface area is 464 Å². The molecule has 25 nitrogen and oxygen atoms in total. The summed E-state index contributed by atoms with van der Waals surface area (Å²) in [6, 6.07) is 14.4. The van der Waals surface area contributed by atoms with Gasteiger partial charge in [0.2, 0.25) is 29.5 Å². The molecular weight excluding hydrogens is 1080 g/mol. The van der Waals surface area contributed by atoms with E-state index in [4.69, 9.17) is 21.7 Å². The van der Waals surface area contributed by atoms with Crippen molar-refractivity contribution in [2.75, 3.05) is 98.7 Å². The van der Waals surface area contributed by atoms with E-state index in [0.29, 0.717) is 76.3 Å². The van der Waals surface area contributed by atoms with Gasteiger partial charge in [0.05, 0.1) is 12.4 Å². The number of aromatic hydroxyl groups is 1. The molecule has 424 valence electrons. The van der Waals surface area contributed by atoms with Gasteiger partial charge < -0.3 is 37.0 Å². The van der Waals surface area contributed by atoms with Crippen molar-refractivity contribution in [1.82, 2.24) is 51.1 Å². The minimum absolute atomic E-state index is 0.0181. The molecule has 4 saturated heterocycles. The summed E-state index contributed by atoms with van der Waals surface area (Å²) in [5, 5.41) is 33.6. The summed E-state index contributed by atoms with van der Waals surface area (Å²) in [4.78, 5) is 133. The van der Waals surface area contributed by atoms with Gasteiger partial charge >= 0.3 is 187 Å². The molecule has 7 rings (SSSR count). The number of fused-ring (bicyclic) bond motifs is 8. The summed E-state index contributed by atoms with van der Waals surface area (Å²) >= 11 is -4.05. The van der Waals surface area contributed by atoms with Crippen LogP contribution in [0.1, 0.15) is 49.7 Å². The molecule has 4 fully saturated rings. The van der Waals surface area contributed by atoms with E-state index in [1.165, 1.54) is 24.1 Å². The molecule has 3 aromatic carbocycles. The number of hydrogen-bond acceptors (Lipinski definition) is 18. The number of amidine groups is 1. The Bertz CT molecular complexity index is 2660. The van der Waals surface area contributed by atoms with Gasteiger partial charge in [-0.25, -0.2) is 0 Å². The fraction of sp³-hybridized carbons (Fsp3) is 0.509. The molecule has 4 aliphatic heterocycles. The standard InChI is InChI=1S/C53H74N12O13.Ga/c1-61-43(10-6-18-56-46(68)31-62-19-21-63(32-47(69)70)23-25-65(34-49(73)74)26-24-64(22-20-62)33-48(71)72)52(77)59-40(9-4-5-11-44(54)55)51(76)60-41(29-36-12-15-37-7-2-3-8-38(37)27-36)50(75)57-30-45(67)58-42(53(61)78)28-35-13-16-39(66)17-14-35;/h2-3,7-8,12-17,27,40-43,66H,4-6,9-11,18-26,28-34H2,1H3,(H3,54,55)(H,56,68)(H,57,75)(H,58,67)(H,59,77)(H,60,76)(H,69,70)(H,71,72)(H,73,74);/q;+3/p-3/t40-,41-,42+,43+;/m0./s1. The van der Waals surface area contributed by atoms with E-state index in [-0.39, 0.29) is 88.7 Å². The van der Waals surface area contributed by atoms with Crippen molar-refractivity contribution in [2.45, 2.75) is 75.5 Å². The molecule has 3 aromatic rings. The third kappa shape index (κ3) is 18.8. The molecule has 26 heteroatoms. The van der Waals surface area contributed by atoms with Crippen LogP contribution in [-0.2, 0) is 66.6 Å². The van der Waals surface area contributed by atoms with Crippen molar-refractivity contribution >= 4 is 87.3 Å². The Kier molecular flexibility index (Phi) is 22.0. The topological polar surface area (TPSA) is 328 Å². The SMILES string of the molecule is CN1C(=O)[C@@H](Cc2ccc(O)cc2)NC(=O)CNC(=O)[C@H](Cc2ccc3ccccc3c2)NC(=O)[C@H](CCCCC(=N)N)NC(=O)[C@H]1CCCNC(=O)CN1CCN2CCN3CCN(CC1)CC(=O)[O][Ga]([O]C(=O)C2)[O]C(=O)C3. The predicted molar refractivity (Wildman–Crippen MR) is 287 cm³/mol. The number of likely N-dealkylation sites (N-methyl/N-ethyl adjacent to an activating group) is 1. The van der Waals surface area contributed by atoms with Crippen LogP contribution in [-0.4, -0.2) is 229 Å². The monoisotopic (exact) mass is 1150 g/mol. The number of nitrogens with one attached hydrogen (secondary N) is 6. The molecule has 9 N–H and O–H groups in total. The first kappa shape index (κ1) is 59.6. The average Bonchev–Trinajstić information content (AvgIpc) is 3.44. The maximum atomic E-state index is 14.7. The number of nitrogens with two attached hydrogens (primary N) is 1. The fourth-order valence-corrected chi connectivity index (χ4v) is 12.0. The first-order valence-corrected chi connectivity index (χ1v) is 29.7. The summed E-state index contributed by atoms with van der Waals surface area (Å²) in [6.45, 7) is 2.18. The van der Waals surface area contributed by atoms with E-state index in [2.05, 4.69) is 26.6 Å². The Morgan fingerprint density at radius 2 is 1.24 bits per heavy atom. The van der Waals surface area contributed by atoms with Crippen LogP contribution in [0, 0.1) is 5.41 Å². The number of unbranched alkanes of at least 4 members (excludes halogenated alkanes) is 1. The second kappa shape index (κ2) is 29.2. The fourth-order valence-electron chi connectivity index (χ4n) is 9.83. The molecule has 4 bridgehead atoms. The Balaban J connectivity index is 1.09. The average molecular weight is 1150 g/mol. The zero-order valence-electron chi connectivity index (χ0n) is 44.5. The first-order chi connectivity index (χ1) is 37.9. The maximum absolute atomic E-state index is 14.7.